The summed E-state index contributed by atoms with van der Waals surface area (Å²) >= 11 is 0. The maximum atomic E-state index is 13.2. The van der Waals surface area contributed by atoms with Gasteiger partial charge in [0.1, 0.15) is 0 Å². The monoisotopic (exact) mass is 378 g/mol. The molecule has 0 fully saturated rings. The van der Waals surface area contributed by atoms with Crippen LogP contribution in [0.3, 0.4) is 0 Å². The van der Waals surface area contributed by atoms with Crippen molar-refractivity contribution in [1.82, 2.24) is 0 Å². The van der Waals surface area contributed by atoms with Crippen LogP contribution in [0.1, 0.15) is 26.4 Å². The van der Waals surface area contributed by atoms with Gasteiger partial charge in [0.05, 0.1) is 5.39 Å². The average Bonchev–Trinajstić information content (AvgIpc) is 2.78. The van der Waals surface area contributed by atoms with E-state index >= 15 is 0 Å². The summed E-state index contributed by atoms with van der Waals surface area (Å²) < 4.78 is 1.75. The smallest absolute Gasteiger partial charge is 0.261 e. The first-order chi connectivity index (χ1) is 14.2. The van der Waals surface area contributed by atoms with E-state index < -0.39 is 0 Å². The second-order valence-corrected chi connectivity index (χ2v) is 6.78. The first kappa shape index (κ1) is 18.5. The van der Waals surface area contributed by atoms with Gasteiger partial charge in [-0.25, -0.2) is 0 Å². The van der Waals surface area contributed by atoms with Crippen LogP contribution >= 0.6 is 0 Å². The summed E-state index contributed by atoms with van der Waals surface area (Å²) in [6.45, 7) is 0.106. The third-order valence-electron chi connectivity index (χ3n) is 4.81. The van der Waals surface area contributed by atoms with E-state index in [1.807, 2.05) is 85.1 Å². The van der Waals surface area contributed by atoms with Gasteiger partial charge in [-0.2, -0.15) is 4.57 Å². The Morgan fingerprint density at radius 3 is 2.17 bits per heavy atom. The highest BCUT2D eigenvalue weighted by Gasteiger charge is 2.23. The van der Waals surface area contributed by atoms with Gasteiger partial charge in [-0.15, -0.1) is 0 Å². The highest BCUT2D eigenvalue weighted by molar-refractivity contribution is 6.12. The Hall–Kier alpha value is -3.85. The van der Waals surface area contributed by atoms with Crippen LogP contribution in [0.5, 0.6) is 0 Å². The summed E-state index contributed by atoms with van der Waals surface area (Å²) in [4.78, 5) is 25.9. The standard InChI is InChI=1S/C26H20NO2/c28-24(16-15-20-9-3-1-4-10-20)26-23-14-8-7-11-21(23)17-18-27(26)19-25(29)22-12-5-2-6-13-22/h1-18H,19H2/q+1. The molecule has 4 rings (SSSR count). The van der Waals surface area contributed by atoms with E-state index in [0.29, 0.717) is 11.3 Å². The molecule has 3 heteroatoms. The minimum Gasteiger partial charge on any atom is -0.287 e. The van der Waals surface area contributed by atoms with Crippen molar-refractivity contribution in [2.24, 2.45) is 0 Å². The second kappa shape index (κ2) is 8.44. The fourth-order valence-corrected chi connectivity index (χ4v) is 3.35. The molecule has 0 N–H and O–H groups in total. The van der Waals surface area contributed by atoms with E-state index in [4.69, 9.17) is 0 Å². The number of hydrogen-bond donors (Lipinski definition) is 0. The van der Waals surface area contributed by atoms with Crippen molar-refractivity contribution in [3.63, 3.8) is 0 Å². The Kier molecular flexibility index (Phi) is 5.39. The molecule has 1 aromatic heterocycles. The van der Waals surface area contributed by atoms with Gasteiger partial charge < -0.3 is 0 Å². The zero-order valence-corrected chi connectivity index (χ0v) is 15.9. The van der Waals surface area contributed by atoms with Crippen molar-refractivity contribution < 1.29 is 14.2 Å². The van der Waals surface area contributed by atoms with Crippen LogP contribution in [-0.4, -0.2) is 11.6 Å². The zero-order chi connectivity index (χ0) is 20.1. The molecule has 0 saturated heterocycles. The van der Waals surface area contributed by atoms with Crippen molar-refractivity contribution in [3.05, 3.63) is 120 Å². The van der Waals surface area contributed by atoms with Gasteiger partial charge in [-0.3, -0.25) is 9.59 Å². The Bertz CT molecular complexity index is 1200. The number of benzene rings is 3. The van der Waals surface area contributed by atoms with E-state index in [2.05, 4.69) is 0 Å². The third-order valence-corrected chi connectivity index (χ3v) is 4.81. The highest BCUT2D eigenvalue weighted by atomic mass is 16.1. The number of aromatic nitrogens is 1. The molecule has 3 aromatic carbocycles. The first-order valence-electron chi connectivity index (χ1n) is 9.49. The van der Waals surface area contributed by atoms with Gasteiger partial charge in [-0.05, 0) is 23.1 Å². The van der Waals surface area contributed by atoms with Crippen LogP contribution in [0.25, 0.3) is 16.8 Å². The summed E-state index contributed by atoms with van der Waals surface area (Å²) in [7, 11) is 0. The number of carbonyl (C=O) groups excluding carboxylic acids is 2. The molecule has 0 spiro atoms. The molecule has 0 aliphatic heterocycles. The Morgan fingerprint density at radius 2 is 1.41 bits per heavy atom. The summed E-state index contributed by atoms with van der Waals surface area (Å²) in [5.74, 6) is -0.168. The lowest BCUT2D eigenvalue weighted by atomic mass is 10.0. The number of pyridine rings is 1. The van der Waals surface area contributed by atoms with Crippen LogP contribution < -0.4 is 4.57 Å². The molecule has 0 bridgehead atoms. The fraction of sp³-hybridized carbons (Fsp3) is 0.0385. The summed E-state index contributed by atoms with van der Waals surface area (Å²) in [5.41, 5.74) is 2.10. The van der Waals surface area contributed by atoms with Gasteiger partial charge in [0.25, 0.3) is 5.69 Å². The number of fused-ring (bicyclic) bond motifs is 1. The zero-order valence-electron chi connectivity index (χ0n) is 15.9. The van der Waals surface area contributed by atoms with Gasteiger partial charge in [-0.1, -0.05) is 84.9 Å². The SMILES string of the molecule is O=C(C[n+]1ccc2ccccc2c1C(=O)C=Cc1ccccc1)c1ccccc1. The van der Waals surface area contributed by atoms with Crippen LogP contribution in [0.2, 0.25) is 0 Å². The predicted octanol–water partition coefficient (Wildman–Crippen LogP) is 4.91. The Balaban J connectivity index is 1.74. The summed E-state index contributed by atoms with van der Waals surface area (Å²) in [6.07, 6.45) is 5.18. The van der Waals surface area contributed by atoms with Crippen LogP contribution in [0, 0.1) is 0 Å². The third kappa shape index (κ3) is 4.19. The summed E-state index contributed by atoms with van der Waals surface area (Å²) in [6, 6.07) is 28.5. The molecule has 1 heterocycles. The quantitative estimate of drug-likeness (QED) is 0.272. The van der Waals surface area contributed by atoms with Crippen LogP contribution in [-0.2, 0) is 6.54 Å². The largest absolute Gasteiger partial charge is 0.287 e. The fourth-order valence-electron chi connectivity index (χ4n) is 3.35. The van der Waals surface area contributed by atoms with Crippen molar-refractivity contribution in [1.29, 1.82) is 0 Å². The van der Waals surface area contributed by atoms with Gasteiger partial charge in [0, 0.05) is 11.6 Å². The molecule has 0 aliphatic carbocycles. The molecule has 29 heavy (non-hydrogen) atoms. The Morgan fingerprint density at radius 1 is 0.759 bits per heavy atom. The first-order valence-corrected chi connectivity index (χ1v) is 9.49. The average molecular weight is 378 g/mol. The minimum absolute atomic E-state index is 0.0352. The second-order valence-electron chi connectivity index (χ2n) is 6.78. The van der Waals surface area contributed by atoms with Gasteiger partial charge >= 0.3 is 0 Å². The number of hydrogen-bond acceptors (Lipinski definition) is 2. The van der Waals surface area contributed by atoms with E-state index in [1.165, 1.54) is 0 Å². The number of rotatable bonds is 6. The number of Topliss-reactive ketones (excluding diaryl/α,β-unsaturated/α-hetero) is 1. The molecular weight excluding hydrogens is 358 g/mol. The topological polar surface area (TPSA) is 38.0 Å². The van der Waals surface area contributed by atoms with Gasteiger partial charge in [0.2, 0.25) is 18.1 Å². The Labute approximate surface area is 169 Å². The van der Waals surface area contributed by atoms with Crippen LogP contribution in [0.4, 0.5) is 0 Å². The van der Waals surface area contributed by atoms with Crippen molar-refractivity contribution in [3.8, 4) is 0 Å². The number of ketones is 2. The lowest BCUT2D eigenvalue weighted by Gasteiger charge is -2.05. The minimum atomic E-state index is -0.133. The number of carbonyl (C=O) groups is 2. The van der Waals surface area contributed by atoms with Crippen molar-refractivity contribution >= 4 is 28.4 Å². The lowest BCUT2D eigenvalue weighted by Crippen LogP contribution is -2.43. The number of allylic oxidation sites excluding steroid dienone is 1. The highest BCUT2D eigenvalue weighted by Crippen LogP contribution is 2.17. The predicted molar refractivity (Wildman–Crippen MR) is 115 cm³/mol. The molecule has 0 amide bonds. The van der Waals surface area contributed by atoms with Crippen molar-refractivity contribution in [2.45, 2.75) is 6.54 Å². The van der Waals surface area contributed by atoms with Gasteiger partial charge in [0.15, 0.2) is 6.20 Å². The molecule has 0 saturated carbocycles. The molecule has 0 unspecified atom stereocenters. The molecule has 3 nitrogen and oxygen atoms in total. The molecule has 0 aliphatic rings. The molecule has 140 valence electrons. The maximum absolute atomic E-state index is 13.2. The molecular formula is C26H20NO2+. The number of nitrogens with zero attached hydrogens (tertiary/aromatic N) is 1. The van der Waals surface area contributed by atoms with Crippen molar-refractivity contribution in [2.75, 3.05) is 0 Å². The van der Waals surface area contributed by atoms with E-state index in [9.17, 15) is 9.59 Å². The molecule has 4 aromatic rings. The lowest BCUT2D eigenvalue weighted by molar-refractivity contribution is -0.683. The molecule has 0 atom stereocenters. The van der Waals surface area contributed by atoms with E-state index in [1.54, 1.807) is 28.9 Å². The normalized spacial score (nSPS) is 11.0. The van der Waals surface area contributed by atoms with E-state index in [-0.39, 0.29) is 18.1 Å². The maximum Gasteiger partial charge on any atom is 0.261 e. The molecule has 0 radical (unpaired) electrons. The van der Waals surface area contributed by atoms with Crippen LogP contribution in [0.15, 0.2) is 103 Å². The summed E-state index contributed by atoms with van der Waals surface area (Å²) in [5, 5.41) is 1.80. The van der Waals surface area contributed by atoms with E-state index in [0.717, 1.165) is 16.3 Å².